The van der Waals surface area contributed by atoms with E-state index in [1.54, 1.807) is 6.07 Å². The highest BCUT2D eigenvalue weighted by atomic mass is 15.1. The summed E-state index contributed by atoms with van der Waals surface area (Å²) in [7, 11) is 0. The predicted molar refractivity (Wildman–Crippen MR) is 303 cm³/mol. The molecule has 1 heteroatoms. The van der Waals surface area contributed by atoms with Crippen LogP contribution in [0.1, 0.15) is 33.2 Å². The highest BCUT2D eigenvalue weighted by molar-refractivity contribution is 5.97. The van der Waals surface area contributed by atoms with E-state index in [0.717, 1.165) is 77.5 Å². The van der Waals surface area contributed by atoms with Crippen LogP contribution in [0.3, 0.4) is 0 Å². The highest BCUT2D eigenvalue weighted by Gasteiger charge is 2.46. The number of hydrogen-bond donors (Lipinski definition) is 0. The molecule has 12 aromatic rings. The van der Waals surface area contributed by atoms with E-state index in [-0.39, 0.29) is 46.7 Å². The molecule has 0 atom stereocenters. The van der Waals surface area contributed by atoms with Gasteiger partial charge in [-0.2, -0.15) is 0 Å². The van der Waals surface area contributed by atoms with Crippen LogP contribution in [-0.4, -0.2) is 0 Å². The van der Waals surface area contributed by atoms with E-state index in [1.165, 1.54) is 4.90 Å². The van der Waals surface area contributed by atoms with Crippen molar-refractivity contribution in [1.82, 2.24) is 0 Å². The molecule has 0 amide bonds. The van der Waals surface area contributed by atoms with Crippen LogP contribution >= 0.6 is 0 Å². The number of hydrogen-bond acceptors (Lipinski definition) is 1. The van der Waals surface area contributed by atoms with Crippen molar-refractivity contribution in [3.05, 3.63) is 319 Å². The number of fused-ring (bicyclic) bond motifs is 4. The van der Waals surface area contributed by atoms with Crippen molar-refractivity contribution in [3.8, 4) is 66.8 Å². The van der Waals surface area contributed by atoms with Crippen LogP contribution in [0.15, 0.2) is 297 Å². The SMILES string of the molecule is [2H]c1c([2H])c(N(c2ccc3c(c2)C(c2ccccc2)(c2ccccc2)c2ccccc2-3)c2c([2H])c([2H])c(-c3cccc(-c4cccc5ccccc45)c3)c([2H])c2[2H])c([2H])c([2H])c1-c1cc(-c2ccccc2)cc(-c2ccccc2)c1. The topological polar surface area (TPSA) is 3.24 Å². The Morgan fingerprint density at radius 3 is 1.32 bits per heavy atom. The molecule has 1 aliphatic carbocycles. The van der Waals surface area contributed by atoms with Crippen molar-refractivity contribution in [3.63, 3.8) is 0 Å². The second-order valence-electron chi connectivity index (χ2n) is 18.2. The molecule has 0 fully saturated rings. The van der Waals surface area contributed by atoms with Crippen molar-refractivity contribution in [2.75, 3.05) is 4.90 Å². The smallest absolute Gasteiger partial charge is 0.0714 e. The largest absolute Gasteiger partial charge is 0.310 e. The number of anilines is 3. The van der Waals surface area contributed by atoms with Gasteiger partial charge in [-0.25, -0.2) is 0 Å². The standard InChI is InChI=1S/C71H49N/c1-5-19-50(20-6-1)57-46-58(51-21-7-2-8-22-51)48-59(47-57)53-37-41-63(42-38-53)72(62-39-35-52(36-40-62)55-25-17-26-56(45-55)66-33-18-24-54-23-13-14-31-65(54)66)64-43-44-68-67-32-15-16-34-69(67)71(70(68)49-64,60-27-9-3-10-28-60)61-29-11-4-12-30-61/h1-49H/i35D,36D,37D,38D,39D,40D,41D,42D. The summed E-state index contributed by atoms with van der Waals surface area (Å²) in [6.07, 6.45) is 0. The molecule has 0 aromatic heterocycles. The normalized spacial score (nSPS) is 13.8. The van der Waals surface area contributed by atoms with Crippen LogP contribution in [0.4, 0.5) is 17.1 Å². The third-order valence-electron chi connectivity index (χ3n) is 14.1. The lowest BCUT2D eigenvalue weighted by atomic mass is 9.67. The van der Waals surface area contributed by atoms with Gasteiger partial charge >= 0.3 is 0 Å². The molecular weight excluding hydrogens is 867 g/mol. The first-order valence-corrected chi connectivity index (χ1v) is 24.3. The van der Waals surface area contributed by atoms with Crippen molar-refractivity contribution >= 4 is 27.8 Å². The lowest BCUT2D eigenvalue weighted by Crippen LogP contribution is -2.28. The molecule has 13 rings (SSSR count). The van der Waals surface area contributed by atoms with Crippen molar-refractivity contribution in [2.45, 2.75) is 5.41 Å². The van der Waals surface area contributed by atoms with Gasteiger partial charge in [-0.3, -0.25) is 0 Å². The number of nitrogens with zero attached hydrogens (tertiary/aromatic N) is 1. The van der Waals surface area contributed by atoms with E-state index in [9.17, 15) is 11.0 Å². The van der Waals surface area contributed by atoms with Gasteiger partial charge in [0, 0.05) is 17.1 Å². The Kier molecular flexibility index (Phi) is 8.83. The fraction of sp³-hybridized carbons (Fsp3) is 0.0141. The van der Waals surface area contributed by atoms with E-state index in [2.05, 4.69) is 60.7 Å². The fourth-order valence-corrected chi connectivity index (χ4v) is 10.8. The molecule has 0 aliphatic heterocycles. The van der Waals surface area contributed by atoms with Gasteiger partial charge in [-0.15, -0.1) is 0 Å². The minimum absolute atomic E-state index is 0.0798. The van der Waals surface area contributed by atoms with Crippen LogP contribution < -0.4 is 4.90 Å². The predicted octanol–water partition coefficient (Wildman–Crippen LogP) is 19.0. The Hall–Kier alpha value is -9.30. The average Bonchev–Trinajstić information content (AvgIpc) is 3.92. The number of benzene rings is 12. The third kappa shape index (κ3) is 7.51. The summed E-state index contributed by atoms with van der Waals surface area (Å²) in [4.78, 5) is 1.43. The zero-order valence-corrected chi connectivity index (χ0v) is 39.1. The van der Waals surface area contributed by atoms with Gasteiger partial charge in [0.25, 0.3) is 0 Å². The maximum Gasteiger partial charge on any atom is 0.0714 e. The summed E-state index contributed by atoms with van der Waals surface area (Å²) in [5, 5.41) is 2.09. The van der Waals surface area contributed by atoms with Crippen molar-refractivity contribution < 1.29 is 11.0 Å². The Morgan fingerprint density at radius 1 is 0.264 bits per heavy atom. The zero-order chi connectivity index (χ0) is 54.8. The Labute approximate surface area is 433 Å². The van der Waals surface area contributed by atoms with E-state index in [1.807, 2.05) is 182 Å². The monoisotopic (exact) mass is 923 g/mol. The summed E-state index contributed by atoms with van der Waals surface area (Å²) in [6, 6.07) is 78.8. The second-order valence-corrected chi connectivity index (χ2v) is 18.2. The van der Waals surface area contributed by atoms with E-state index in [0.29, 0.717) is 16.8 Å². The van der Waals surface area contributed by atoms with Crippen LogP contribution in [-0.2, 0) is 5.41 Å². The first kappa shape index (κ1) is 34.9. The van der Waals surface area contributed by atoms with E-state index < -0.39 is 29.6 Å². The van der Waals surface area contributed by atoms with Gasteiger partial charge in [-0.1, -0.05) is 236 Å². The summed E-state index contributed by atoms with van der Waals surface area (Å²) < 4.78 is 80.1. The lowest BCUT2D eigenvalue weighted by molar-refractivity contribution is 0.768. The third-order valence-corrected chi connectivity index (χ3v) is 14.1. The molecule has 0 spiro atoms. The minimum atomic E-state index is -0.900. The number of rotatable bonds is 10. The molecule has 1 nitrogen and oxygen atoms in total. The molecular formula is C71H49N. The van der Waals surface area contributed by atoms with Crippen LogP contribution in [0, 0.1) is 0 Å². The van der Waals surface area contributed by atoms with Crippen LogP contribution in [0.5, 0.6) is 0 Å². The van der Waals surface area contributed by atoms with Gasteiger partial charge < -0.3 is 4.90 Å². The lowest BCUT2D eigenvalue weighted by Gasteiger charge is -2.35. The van der Waals surface area contributed by atoms with E-state index in [4.69, 9.17) is 0 Å². The first-order valence-electron chi connectivity index (χ1n) is 28.3. The summed E-state index contributed by atoms with van der Waals surface area (Å²) in [5.74, 6) is 0. The minimum Gasteiger partial charge on any atom is -0.310 e. The van der Waals surface area contributed by atoms with Gasteiger partial charge in [0.2, 0.25) is 0 Å². The maximum atomic E-state index is 10.1. The quantitative estimate of drug-likeness (QED) is 0.132. The summed E-state index contributed by atoms with van der Waals surface area (Å²) in [5.41, 5.74) is 11.2. The average molecular weight is 924 g/mol. The van der Waals surface area contributed by atoms with E-state index >= 15 is 0 Å². The molecule has 338 valence electrons. The second kappa shape index (κ2) is 18.2. The molecule has 72 heavy (non-hydrogen) atoms. The molecule has 0 bridgehead atoms. The molecule has 0 unspecified atom stereocenters. The zero-order valence-electron chi connectivity index (χ0n) is 47.1. The Morgan fingerprint density at radius 2 is 0.694 bits per heavy atom. The van der Waals surface area contributed by atoms with Gasteiger partial charge in [0.1, 0.15) is 0 Å². The maximum absolute atomic E-state index is 10.1. The van der Waals surface area contributed by atoms with Crippen molar-refractivity contribution in [2.24, 2.45) is 0 Å². The first-order chi connectivity index (χ1) is 39.0. The molecule has 0 radical (unpaired) electrons. The van der Waals surface area contributed by atoms with Gasteiger partial charge in [0.15, 0.2) is 0 Å². The summed E-state index contributed by atoms with van der Waals surface area (Å²) >= 11 is 0. The van der Waals surface area contributed by atoms with Crippen molar-refractivity contribution in [1.29, 1.82) is 0 Å². The van der Waals surface area contributed by atoms with Gasteiger partial charge in [-0.05, 0) is 160 Å². The van der Waals surface area contributed by atoms with Gasteiger partial charge in [0.05, 0.1) is 16.4 Å². The Bertz CT molecular complexity index is 4230. The van der Waals surface area contributed by atoms with Crippen LogP contribution in [0.2, 0.25) is 0 Å². The molecule has 0 heterocycles. The fourth-order valence-electron chi connectivity index (χ4n) is 10.8. The molecule has 0 N–H and O–H groups in total. The molecule has 1 aliphatic rings. The Balaban J connectivity index is 1.07. The molecule has 0 saturated carbocycles. The summed E-state index contributed by atoms with van der Waals surface area (Å²) in [6.45, 7) is 0. The molecule has 0 saturated heterocycles. The van der Waals surface area contributed by atoms with Crippen LogP contribution in [0.25, 0.3) is 77.5 Å². The highest BCUT2D eigenvalue weighted by Crippen LogP contribution is 2.57. The molecule has 12 aromatic carbocycles.